The molecule has 0 aromatic heterocycles. The summed E-state index contributed by atoms with van der Waals surface area (Å²) in [6.07, 6.45) is 0. The summed E-state index contributed by atoms with van der Waals surface area (Å²) in [5, 5.41) is 5.74. The third-order valence-corrected chi connectivity index (χ3v) is 4.77. The minimum atomic E-state index is -0.206. The Balaban J connectivity index is 1.71. The van der Waals surface area contributed by atoms with Gasteiger partial charge in [-0.25, -0.2) is 4.79 Å². The standard InChI is InChI=1S/C20H21BrN2O3/c1-13-18(12-25-2)19(23-20(24)22-13)15-5-9-17(10-6-15)26-11-14-3-7-16(21)8-4-14/h3-10,19H,11-12H2,1-2H3,(H2,22,23,24)/t19-/m1/s1. The number of hydrogen-bond acceptors (Lipinski definition) is 3. The first-order chi connectivity index (χ1) is 12.6. The van der Waals surface area contributed by atoms with Crippen molar-refractivity contribution in [3.63, 3.8) is 0 Å². The Kier molecular flexibility index (Phi) is 5.96. The van der Waals surface area contributed by atoms with E-state index in [-0.39, 0.29) is 12.1 Å². The van der Waals surface area contributed by atoms with Crippen LogP contribution in [0.4, 0.5) is 4.79 Å². The summed E-state index contributed by atoms with van der Waals surface area (Å²) >= 11 is 3.42. The lowest BCUT2D eigenvalue weighted by atomic mass is 9.96. The lowest BCUT2D eigenvalue weighted by molar-refractivity contribution is 0.209. The highest BCUT2D eigenvalue weighted by atomic mass is 79.9. The van der Waals surface area contributed by atoms with E-state index in [1.165, 1.54) is 0 Å². The molecule has 1 aliphatic heterocycles. The highest BCUT2D eigenvalue weighted by molar-refractivity contribution is 9.10. The zero-order valence-electron chi connectivity index (χ0n) is 14.7. The molecule has 2 aromatic rings. The molecule has 2 N–H and O–H groups in total. The molecule has 1 aliphatic rings. The Labute approximate surface area is 161 Å². The summed E-state index contributed by atoms with van der Waals surface area (Å²) in [5.41, 5.74) is 3.93. The van der Waals surface area contributed by atoms with Gasteiger partial charge in [0, 0.05) is 22.9 Å². The van der Waals surface area contributed by atoms with Crippen LogP contribution < -0.4 is 15.4 Å². The normalized spacial score (nSPS) is 16.9. The number of carbonyl (C=O) groups is 1. The molecule has 3 rings (SSSR count). The zero-order chi connectivity index (χ0) is 18.5. The number of carbonyl (C=O) groups excluding carboxylic acids is 1. The van der Waals surface area contributed by atoms with E-state index in [9.17, 15) is 4.79 Å². The van der Waals surface area contributed by atoms with Gasteiger partial charge in [-0.1, -0.05) is 40.2 Å². The average Bonchev–Trinajstić information content (AvgIpc) is 2.64. The second-order valence-electron chi connectivity index (χ2n) is 6.10. The minimum absolute atomic E-state index is 0.204. The van der Waals surface area contributed by atoms with E-state index in [4.69, 9.17) is 9.47 Å². The molecule has 0 saturated heterocycles. The van der Waals surface area contributed by atoms with Gasteiger partial charge in [0.25, 0.3) is 0 Å². The van der Waals surface area contributed by atoms with Crippen molar-refractivity contribution in [1.29, 1.82) is 0 Å². The third kappa shape index (κ3) is 4.45. The molecule has 6 heteroatoms. The highest BCUT2D eigenvalue weighted by Crippen LogP contribution is 2.28. The van der Waals surface area contributed by atoms with Gasteiger partial charge in [-0.3, -0.25) is 0 Å². The molecule has 0 saturated carbocycles. The molecule has 0 radical (unpaired) electrons. The van der Waals surface area contributed by atoms with E-state index < -0.39 is 0 Å². The van der Waals surface area contributed by atoms with Crippen LogP contribution in [-0.2, 0) is 11.3 Å². The SMILES string of the molecule is COCC1=C(C)NC(=O)N[C@@H]1c1ccc(OCc2ccc(Br)cc2)cc1. The van der Waals surface area contributed by atoms with Gasteiger partial charge in [0.05, 0.1) is 12.6 Å². The van der Waals surface area contributed by atoms with Crippen molar-refractivity contribution in [3.8, 4) is 5.75 Å². The van der Waals surface area contributed by atoms with Crippen LogP contribution in [0.2, 0.25) is 0 Å². The van der Waals surface area contributed by atoms with Gasteiger partial charge in [0.15, 0.2) is 0 Å². The van der Waals surface area contributed by atoms with Crippen molar-refractivity contribution in [2.24, 2.45) is 0 Å². The lowest BCUT2D eigenvalue weighted by Crippen LogP contribution is -2.44. The van der Waals surface area contributed by atoms with Crippen LogP contribution in [0.15, 0.2) is 64.3 Å². The van der Waals surface area contributed by atoms with E-state index in [2.05, 4.69) is 26.6 Å². The molecule has 2 aromatic carbocycles. The van der Waals surface area contributed by atoms with Gasteiger partial charge in [0.1, 0.15) is 12.4 Å². The molecule has 0 bridgehead atoms. The van der Waals surface area contributed by atoms with Crippen molar-refractivity contribution in [2.75, 3.05) is 13.7 Å². The predicted molar refractivity (Wildman–Crippen MR) is 104 cm³/mol. The minimum Gasteiger partial charge on any atom is -0.489 e. The highest BCUT2D eigenvalue weighted by Gasteiger charge is 2.26. The molecule has 26 heavy (non-hydrogen) atoms. The van der Waals surface area contributed by atoms with E-state index in [0.29, 0.717) is 13.2 Å². The second kappa shape index (κ2) is 8.38. The maximum Gasteiger partial charge on any atom is 0.319 e. The fraction of sp³-hybridized carbons (Fsp3) is 0.250. The van der Waals surface area contributed by atoms with Crippen LogP contribution in [0.5, 0.6) is 5.75 Å². The molecule has 0 unspecified atom stereocenters. The van der Waals surface area contributed by atoms with Crippen LogP contribution in [0.1, 0.15) is 24.1 Å². The number of ether oxygens (including phenoxy) is 2. The number of methoxy groups -OCH3 is 1. The van der Waals surface area contributed by atoms with Crippen molar-refractivity contribution >= 4 is 22.0 Å². The van der Waals surface area contributed by atoms with Crippen LogP contribution in [0.25, 0.3) is 0 Å². The Bertz CT molecular complexity index is 801. The largest absolute Gasteiger partial charge is 0.489 e. The summed E-state index contributed by atoms with van der Waals surface area (Å²) < 4.78 is 12.2. The molecule has 136 valence electrons. The van der Waals surface area contributed by atoms with Gasteiger partial charge in [-0.2, -0.15) is 0 Å². The maximum absolute atomic E-state index is 11.8. The first-order valence-electron chi connectivity index (χ1n) is 8.30. The van der Waals surface area contributed by atoms with Crippen LogP contribution in [-0.4, -0.2) is 19.7 Å². The number of amides is 2. The van der Waals surface area contributed by atoms with Gasteiger partial charge in [0.2, 0.25) is 0 Å². The number of hydrogen-bond donors (Lipinski definition) is 2. The van der Waals surface area contributed by atoms with E-state index >= 15 is 0 Å². The number of rotatable bonds is 6. The quantitative estimate of drug-likeness (QED) is 0.737. The van der Waals surface area contributed by atoms with Gasteiger partial charge < -0.3 is 20.1 Å². The Morgan fingerprint density at radius 3 is 2.38 bits per heavy atom. The molecule has 0 aliphatic carbocycles. The van der Waals surface area contributed by atoms with Gasteiger partial charge >= 0.3 is 6.03 Å². The smallest absolute Gasteiger partial charge is 0.319 e. The number of benzene rings is 2. The van der Waals surface area contributed by atoms with E-state index in [1.54, 1.807) is 7.11 Å². The topological polar surface area (TPSA) is 59.6 Å². The summed E-state index contributed by atoms with van der Waals surface area (Å²) in [6, 6.07) is 15.4. The lowest BCUT2D eigenvalue weighted by Gasteiger charge is -2.29. The third-order valence-electron chi connectivity index (χ3n) is 4.24. The molecule has 0 spiro atoms. The Morgan fingerprint density at radius 2 is 1.73 bits per heavy atom. The average molecular weight is 417 g/mol. The Hall–Kier alpha value is -2.31. The number of nitrogens with one attached hydrogen (secondary N) is 2. The fourth-order valence-corrected chi connectivity index (χ4v) is 3.12. The van der Waals surface area contributed by atoms with Crippen molar-refractivity contribution in [3.05, 3.63) is 75.4 Å². The zero-order valence-corrected chi connectivity index (χ0v) is 16.3. The molecular weight excluding hydrogens is 396 g/mol. The van der Waals surface area contributed by atoms with Crippen LogP contribution in [0.3, 0.4) is 0 Å². The van der Waals surface area contributed by atoms with Crippen molar-refractivity contribution in [2.45, 2.75) is 19.6 Å². The first kappa shape index (κ1) is 18.5. The van der Waals surface area contributed by atoms with E-state index in [0.717, 1.165) is 32.6 Å². The Morgan fingerprint density at radius 1 is 1.04 bits per heavy atom. The molecular formula is C20H21BrN2O3. The molecule has 1 heterocycles. The number of allylic oxidation sites excluding steroid dienone is 1. The number of urea groups is 1. The van der Waals surface area contributed by atoms with Crippen molar-refractivity contribution in [1.82, 2.24) is 10.6 Å². The summed E-state index contributed by atoms with van der Waals surface area (Å²) in [4.78, 5) is 11.8. The number of halogens is 1. The summed E-state index contributed by atoms with van der Waals surface area (Å²) in [7, 11) is 1.65. The molecule has 0 fully saturated rings. The molecule has 5 nitrogen and oxygen atoms in total. The second-order valence-corrected chi connectivity index (χ2v) is 7.01. The maximum atomic E-state index is 11.8. The monoisotopic (exact) mass is 416 g/mol. The fourth-order valence-electron chi connectivity index (χ4n) is 2.86. The van der Waals surface area contributed by atoms with E-state index in [1.807, 2.05) is 55.5 Å². The summed E-state index contributed by atoms with van der Waals surface area (Å²) in [5.74, 6) is 0.783. The van der Waals surface area contributed by atoms with Crippen LogP contribution >= 0.6 is 15.9 Å². The predicted octanol–water partition coefficient (Wildman–Crippen LogP) is 4.30. The van der Waals surface area contributed by atoms with Crippen molar-refractivity contribution < 1.29 is 14.3 Å². The van der Waals surface area contributed by atoms with Crippen LogP contribution in [0, 0.1) is 0 Å². The van der Waals surface area contributed by atoms with Gasteiger partial charge in [-0.05, 0) is 42.3 Å². The summed E-state index contributed by atoms with van der Waals surface area (Å²) in [6.45, 7) is 2.84. The first-order valence-corrected chi connectivity index (χ1v) is 9.09. The molecule has 1 atom stereocenters. The van der Waals surface area contributed by atoms with Gasteiger partial charge in [-0.15, -0.1) is 0 Å². The molecule has 2 amide bonds.